The zero-order valence-electron chi connectivity index (χ0n) is 8.30. The van der Waals surface area contributed by atoms with Gasteiger partial charge in [-0.3, -0.25) is 4.57 Å². The maximum Gasteiger partial charge on any atom is 0.140 e. The molecule has 0 aromatic carbocycles. The Morgan fingerprint density at radius 1 is 1.33 bits per heavy atom. The summed E-state index contributed by atoms with van der Waals surface area (Å²) in [5.41, 5.74) is 6.80. The van der Waals surface area contributed by atoms with Crippen LogP contribution < -0.4 is 5.73 Å². The van der Waals surface area contributed by atoms with E-state index in [9.17, 15) is 0 Å². The maximum absolute atomic E-state index is 5.63. The van der Waals surface area contributed by atoms with Crippen LogP contribution in [0.3, 0.4) is 0 Å². The summed E-state index contributed by atoms with van der Waals surface area (Å²) in [6, 6.07) is 5.60. The summed E-state index contributed by atoms with van der Waals surface area (Å²) in [5, 5.41) is 0. The van der Waals surface area contributed by atoms with Crippen molar-refractivity contribution in [1.82, 2.24) is 14.5 Å². The minimum atomic E-state index is 0.536. The van der Waals surface area contributed by atoms with Crippen LogP contribution in [-0.2, 0) is 0 Å². The van der Waals surface area contributed by atoms with E-state index in [1.807, 2.05) is 22.9 Å². The highest BCUT2D eigenvalue weighted by Gasteiger charge is 2.25. The van der Waals surface area contributed by atoms with Gasteiger partial charge in [0.2, 0.25) is 0 Å². The minimum Gasteiger partial charge on any atom is -0.384 e. The molecule has 0 radical (unpaired) electrons. The highest BCUT2D eigenvalue weighted by atomic mass is 15.1. The van der Waals surface area contributed by atoms with Crippen molar-refractivity contribution in [3.8, 4) is 5.82 Å². The highest BCUT2D eigenvalue weighted by Crippen LogP contribution is 2.38. The molecule has 0 amide bonds. The van der Waals surface area contributed by atoms with Gasteiger partial charge in [0.1, 0.15) is 18.0 Å². The number of hydrogen-bond donors (Lipinski definition) is 1. The SMILES string of the molecule is Nc1cccc(-n2cnc(C3CC3)c2)n1. The zero-order valence-corrected chi connectivity index (χ0v) is 8.30. The highest BCUT2D eigenvalue weighted by molar-refractivity contribution is 5.35. The van der Waals surface area contributed by atoms with E-state index in [-0.39, 0.29) is 0 Å². The van der Waals surface area contributed by atoms with Gasteiger partial charge in [-0.1, -0.05) is 6.07 Å². The molecule has 0 aliphatic heterocycles. The van der Waals surface area contributed by atoms with E-state index >= 15 is 0 Å². The summed E-state index contributed by atoms with van der Waals surface area (Å²) in [6.07, 6.45) is 6.37. The van der Waals surface area contributed by atoms with E-state index in [1.165, 1.54) is 18.5 Å². The molecule has 2 heterocycles. The van der Waals surface area contributed by atoms with Gasteiger partial charge < -0.3 is 5.73 Å². The van der Waals surface area contributed by atoms with Crippen molar-refractivity contribution in [2.24, 2.45) is 0 Å². The fraction of sp³-hybridized carbons (Fsp3) is 0.273. The Bertz CT molecular complexity index is 485. The summed E-state index contributed by atoms with van der Waals surface area (Å²) in [4.78, 5) is 8.60. The van der Waals surface area contributed by atoms with Crippen LogP contribution in [-0.4, -0.2) is 14.5 Å². The molecule has 1 aliphatic rings. The lowest BCUT2D eigenvalue weighted by Crippen LogP contribution is -1.97. The number of imidazole rings is 1. The van der Waals surface area contributed by atoms with Crippen molar-refractivity contribution < 1.29 is 0 Å². The number of pyridine rings is 1. The van der Waals surface area contributed by atoms with Crippen LogP contribution in [0.25, 0.3) is 5.82 Å². The molecule has 0 atom stereocenters. The fourth-order valence-electron chi connectivity index (χ4n) is 1.64. The molecule has 2 N–H and O–H groups in total. The average Bonchev–Trinajstić information content (AvgIpc) is 2.97. The Morgan fingerprint density at radius 2 is 2.20 bits per heavy atom. The first kappa shape index (κ1) is 8.47. The Labute approximate surface area is 87.8 Å². The standard InChI is InChI=1S/C11H12N4/c12-10-2-1-3-11(14-10)15-6-9(13-7-15)8-4-5-8/h1-3,6-8H,4-5H2,(H2,12,14). The van der Waals surface area contributed by atoms with Crippen LogP contribution in [0.2, 0.25) is 0 Å². The van der Waals surface area contributed by atoms with E-state index in [0.717, 1.165) is 5.82 Å². The molecule has 0 unspecified atom stereocenters. The van der Waals surface area contributed by atoms with Gasteiger partial charge in [0.25, 0.3) is 0 Å². The summed E-state index contributed by atoms with van der Waals surface area (Å²) in [5.74, 6) is 2.04. The third-order valence-electron chi connectivity index (χ3n) is 2.62. The van der Waals surface area contributed by atoms with Gasteiger partial charge >= 0.3 is 0 Å². The van der Waals surface area contributed by atoms with Crippen LogP contribution in [0.1, 0.15) is 24.5 Å². The molecule has 3 rings (SSSR count). The minimum absolute atomic E-state index is 0.536. The summed E-state index contributed by atoms with van der Waals surface area (Å²) in [6.45, 7) is 0. The topological polar surface area (TPSA) is 56.7 Å². The van der Waals surface area contributed by atoms with Gasteiger partial charge in [-0.25, -0.2) is 9.97 Å². The van der Waals surface area contributed by atoms with Crippen LogP contribution >= 0.6 is 0 Å². The number of hydrogen-bond acceptors (Lipinski definition) is 3. The second kappa shape index (κ2) is 3.08. The van der Waals surface area contributed by atoms with E-state index in [1.54, 1.807) is 12.4 Å². The third kappa shape index (κ3) is 1.58. The molecular formula is C11H12N4. The number of rotatable bonds is 2. The van der Waals surface area contributed by atoms with E-state index in [4.69, 9.17) is 5.73 Å². The molecule has 2 aromatic rings. The first-order chi connectivity index (χ1) is 7.33. The smallest absolute Gasteiger partial charge is 0.140 e. The van der Waals surface area contributed by atoms with Crippen molar-refractivity contribution >= 4 is 5.82 Å². The predicted octanol–water partition coefficient (Wildman–Crippen LogP) is 1.73. The quantitative estimate of drug-likeness (QED) is 0.803. The van der Waals surface area contributed by atoms with Crippen molar-refractivity contribution in [1.29, 1.82) is 0 Å². The van der Waals surface area contributed by atoms with E-state index in [0.29, 0.717) is 11.7 Å². The molecule has 4 nitrogen and oxygen atoms in total. The van der Waals surface area contributed by atoms with Crippen LogP contribution in [0.15, 0.2) is 30.7 Å². The Kier molecular flexibility index (Phi) is 1.74. The number of nitrogens with zero attached hydrogens (tertiary/aromatic N) is 3. The molecule has 1 fully saturated rings. The monoisotopic (exact) mass is 200 g/mol. The molecule has 0 bridgehead atoms. The van der Waals surface area contributed by atoms with Gasteiger partial charge in [0.05, 0.1) is 5.69 Å². The Hall–Kier alpha value is -1.84. The average molecular weight is 200 g/mol. The van der Waals surface area contributed by atoms with E-state index < -0.39 is 0 Å². The normalized spacial score (nSPS) is 15.5. The maximum atomic E-state index is 5.63. The first-order valence-electron chi connectivity index (χ1n) is 5.10. The number of nitrogen functional groups attached to an aromatic ring is 1. The second-order valence-electron chi connectivity index (χ2n) is 3.90. The lowest BCUT2D eigenvalue weighted by molar-refractivity contribution is 0.995. The number of nitrogens with two attached hydrogens (primary N) is 1. The summed E-state index contributed by atoms with van der Waals surface area (Å²) in [7, 11) is 0. The summed E-state index contributed by atoms with van der Waals surface area (Å²) < 4.78 is 1.92. The van der Waals surface area contributed by atoms with Gasteiger partial charge in [-0.2, -0.15) is 0 Å². The lowest BCUT2D eigenvalue weighted by Gasteiger charge is -2.00. The van der Waals surface area contributed by atoms with Crippen LogP contribution in [0, 0.1) is 0 Å². The molecule has 1 aliphatic carbocycles. The first-order valence-corrected chi connectivity index (χ1v) is 5.10. The van der Waals surface area contributed by atoms with Crippen LogP contribution in [0.5, 0.6) is 0 Å². The van der Waals surface area contributed by atoms with Crippen molar-refractivity contribution in [3.63, 3.8) is 0 Å². The van der Waals surface area contributed by atoms with Gasteiger partial charge in [0, 0.05) is 12.1 Å². The van der Waals surface area contributed by atoms with E-state index in [2.05, 4.69) is 9.97 Å². The number of aromatic nitrogens is 3. The Morgan fingerprint density at radius 3 is 2.93 bits per heavy atom. The third-order valence-corrected chi connectivity index (χ3v) is 2.62. The van der Waals surface area contributed by atoms with Gasteiger partial charge in [0.15, 0.2) is 0 Å². The van der Waals surface area contributed by atoms with Crippen molar-refractivity contribution in [2.75, 3.05) is 5.73 Å². The molecule has 15 heavy (non-hydrogen) atoms. The summed E-state index contributed by atoms with van der Waals surface area (Å²) >= 11 is 0. The molecule has 0 saturated heterocycles. The van der Waals surface area contributed by atoms with Gasteiger partial charge in [-0.15, -0.1) is 0 Å². The van der Waals surface area contributed by atoms with Crippen molar-refractivity contribution in [2.45, 2.75) is 18.8 Å². The second-order valence-corrected chi connectivity index (χ2v) is 3.90. The van der Waals surface area contributed by atoms with Gasteiger partial charge in [-0.05, 0) is 25.0 Å². The largest absolute Gasteiger partial charge is 0.384 e. The number of anilines is 1. The Balaban J connectivity index is 1.97. The van der Waals surface area contributed by atoms with Crippen molar-refractivity contribution in [3.05, 3.63) is 36.4 Å². The fourth-order valence-corrected chi connectivity index (χ4v) is 1.64. The molecule has 2 aromatic heterocycles. The molecule has 4 heteroatoms. The predicted molar refractivity (Wildman–Crippen MR) is 57.7 cm³/mol. The molecular weight excluding hydrogens is 188 g/mol. The molecule has 0 spiro atoms. The molecule has 1 saturated carbocycles. The lowest BCUT2D eigenvalue weighted by atomic mass is 10.3. The molecule has 76 valence electrons. The zero-order chi connectivity index (χ0) is 10.3. The van der Waals surface area contributed by atoms with Crippen LogP contribution in [0.4, 0.5) is 5.82 Å².